The van der Waals surface area contributed by atoms with Crippen molar-refractivity contribution >= 4 is 17.5 Å². The van der Waals surface area contributed by atoms with Crippen LogP contribution in [-0.2, 0) is 9.59 Å². The molecule has 1 aliphatic rings. The molecule has 0 spiro atoms. The van der Waals surface area contributed by atoms with Crippen LogP contribution in [0.3, 0.4) is 0 Å². The largest absolute Gasteiger partial charge is 0.484 e. The van der Waals surface area contributed by atoms with Crippen LogP contribution in [-0.4, -0.2) is 43.0 Å². The number of ether oxygens (including phenoxy) is 1. The van der Waals surface area contributed by atoms with Crippen LogP contribution < -0.4 is 9.64 Å². The quantitative estimate of drug-likeness (QED) is 0.748. The third kappa shape index (κ3) is 5.72. The van der Waals surface area contributed by atoms with Gasteiger partial charge in [0.05, 0.1) is 0 Å². The summed E-state index contributed by atoms with van der Waals surface area (Å²) >= 11 is 0. The molecule has 0 bridgehead atoms. The highest BCUT2D eigenvalue weighted by Crippen LogP contribution is 2.25. The Bertz CT molecular complexity index is 628. The molecule has 1 aromatic carbocycles. The number of anilines is 1. The van der Waals surface area contributed by atoms with E-state index in [9.17, 15) is 9.59 Å². The van der Waals surface area contributed by atoms with Gasteiger partial charge in [0.1, 0.15) is 5.75 Å². The normalized spacial score (nSPS) is 15.3. The SMILES string of the molecule is CCN(C(=O)COc1ccc(N(C)C(=O)C(C)(C)C)cc1)C1CCCCC1. The molecular formula is C22H34N2O3. The Balaban J connectivity index is 1.92. The van der Waals surface area contributed by atoms with Crippen molar-refractivity contribution in [3.8, 4) is 5.75 Å². The van der Waals surface area contributed by atoms with Gasteiger partial charge in [0.2, 0.25) is 5.91 Å². The second kappa shape index (κ2) is 9.25. The van der Waals surface area contributed by atoms with E-state index in [0.29, 0.717) is 11.8 Å². The van der Waals surface area contributed by atoms with E-state index < -0.39 is 5.41 Å². The summed E-state index contributed by atoms with van der Waals surface area (Å²) in [5, 5.41) is 0. The molecule has 1 saturated carbocycles. The highest BCUT2D eigenvalue weighted by atomic mass is 16.5. The zero-order chi connectivity index (χ0) is 20.0. The fourth-order valence-electron chi connectivity index (χ4n) is 3.65. The van der Waals surface area contributed by atoms with Crippen LogP contribution in [0, 0.1) is 5.41 Å². The summed E-state index contributed by atoms with van der Waals surface area (Å²) in [7, 11) is 1.77. The van der Waals surface area contributed by atoms with Gasteiger partial charge < -0.3 is 14.5 Å². The Hall–Kier alpha value is -2.04. The zero-order valence-electron chi connectivity index (χ0n) is 17.5. The summed E-state index contributed by atoms with van der Waals surface area (Å²) in [5.74, 6) is 0.745. The van der Waals surface area contributed by atoms with Crippen LogP contribution in [0.25, 0.3) is 0 Å². The molecule has 0 heterocycles. The number of amides is 2. The van der Waals surface area contributed by atoms with Gasteiger partial charge in [0.25, 0.3) is 5.91 Å². The van der Waals surface area contributed by atoms with Gasteiger partial charge in [-0.2, -0.15) is 0 Å². The van der Waals surface area contributed by atoms with E-state index in [1.54, 1.807) is 11.9 Å². The van der Waals surface area contributed by atoms with Crippen LogP contribution >= 0.6 is 0 Å². The summed E-state index contributed by atoms with van der Waals surface area (Å²) in [5.41, 5.74) is 0.380. The third-order valence-electron chi connectivity index (χ3n) is 5.21. The monoisotopic (exact) mass is 374 g/mol. The predicted molar refractivity (Wildman–Crippen MR) is 109 cm³/mol. The maximum absolute atomic E-state index is 12.6. The van der Waals surface area contributed by atoms with Crippen LogP contribution in [0.5, 0.6) is 5.75 Å². The van der Waals surface area contributed by atoms with Crippen LogP contribution in [0.1, 0.15) is 59.8 Å². The highest BCUT2D eigenvalue weighted by Gasteiger charge is 2.26. The molecular weight excluding hydrogens is 340 g/mol. The molecule has 2 rings (SSSR count). The van der Waals surface area contributed by atoms with Gasteiger partial charge in [-0.25, -0.2) is 0 Å². The lowest BCUT2D eigenvalue weighted by Gasteiger charge is -2.33. The second-order valence-corrected chi connectivity index (χ2v) is 8.37. The fourth-order valence-corrected chi connectivity index (χ4v) is 3.65. The molecule has 5 nitrogen and oxygen atoms in total. The Kier molecular flexibility index (Phi) is 7.28. The van der Waals surface area contributed by atoms with Crippen molar-refractivity contribution in [2.24, 2.45) is 5.41 Å². The molecule has 0 aromatic heterocycles. The van der Waals surface area contributed by atoms with Crippen molar-refractivity contribution in [2.75, 3.05) is 25.1 Å². The van der Waals surface area contributed by atoms with Crippen molar-refractivity contribution < 1.29 is 14.3 Å². The molecule has 0 unspecified atom stereocenters. The first kappa shape index (κ1) is 21.3. The average Bonchev–Trinajstić information content (AvgIpc) is 2.66. The molecule has 0 saturated heterocycles. The number of likely N-dealkylation sites (N-methyl/N-ethyl adjacent to an activating group) is 1. The van der Waals surface area contributed by atoms with Crippen LogP contribution in [0.4, 0.5) is 5.69 Å². The first-order chi connectivity index (χ1) is 12.7. The van der Waals surface area contributed by atoms with E-state index in [1.165, 1.54) is 19.3 Å². The van der Waals surface area contributed by atoms with E-state index in [1.807, 2.05) is 56.9 Å². The predicted octanol–water partition coefficient (Wildman–Crippen LogP) is 4.26. The van der Waals surface area contributed by atoms with E-state index in [4.69, 9.17) is 4.74 Å². The topological polar surface area (TPSA) is 49.9 Å². The summed E-state index contributed by atoms with van der Waals surface area (Å²) in [6, 6.07) is 7.68. The molecule has 27 heavy (non-hydrogen) atoms. The molecule has 1 fully saturated rings. The minimum absolute atomic E-state index is 0.0495. The van der Waals surface area contributed by atoms with Gasteiger partial charge >= 0.3 is 0 Å². The Morgan fingerprint density at radius 2 is 1.67 bits per heavy atom. The molecule has 0 atom stereocenters. The number of hydrogen-bond acceptors (Lipinski definition) is 3. The molecule has 0 N–H and O–H groups in total. The number of rotatable bonds is 6. The maximum Gasteiger partial charge on any atom is 0.260 e. The van der Waals surface area contributed by atoms with Gasteiger partial charge in [-0.15, -0.1) is 0 Å². The maximum atomic E-state index is 12.6. The molecule has 1 aromatic rings. The fraction of sp³-hybridized carbons (Fsp3) is 0.636. The number of nitrogens with zero attached hydrogens (tertiary/aromatic N) is 2. The lowest BCUT2D eigenvalue weighted by atomic mass is 9.94. The van der Waals surface area contributed by atoms with E-state index in [0.717, 1.165) is 25.1 Å². The van der Waals surface area contributed by atoms with Crippen LogP contribution in [0.15, 0.2) is 24.3 Å². The molecule has 0 radical (unpaired) electrons. The highest BCUT2D eigenvalue weighted by molar-refractivity contribution is 5.96. The number of carbonyl (C=O) groups excluding carboxylic acids is 2. The van der Waals surface area contributed by atoms with Gasteiger partial charge in [-0.3, -0.25) is 9.59 Å². The van der Waals surface area contributed by atoms with Crippen molar-refractivity contribution in [2.45, 2.75) is 65.8 Å². The van der Waals surface area contributed by atoms with Gasteiger partial charge in [0.15, 0.2) is 6.61 Å². The van der Waals surface area contributed by atoms with Gasteiger partial charge in [-0.05, 0) is 44.0 Å². The second-order valence-electron chi connectivity index (χ2n) is 8.37. The molecule has 150 valence electrons. The van der Waals surface area contributed by atoms with Gasteiger partial charge in [0, 0.05) is 30.7 Å². The first-order valence-electron chi connectivity index (χ1n) is 10.0. The molecule has 2 amide bonds. The van der Waals surface area contributed by atoms with Crippen molar-refractivity contribution in [3.05, 3.63) is 24.3 Å². The van der Waals surface area contributed by atoms with Crippen molar-refractivity contribution in [1.82, 2.24) is 4.90 Å². The smallest absolute Gasteiger partial charge is 0.260 e. The van der Waals surface area contributed by atoms with Crippen molar-refractivity contribution in [3.63, 3.8) is 0 Å². The number of carbonyl (C=O) groups is 2. The zero-order valence-corrected chi connectivity index (χ0v) is 17.5. The third-order valence-corrected chi connectivity index (χ3v) is 5.21. The molecule has 5 heteroatoms. The summed E-state index contributed by atoms with van der Waals surface area (Å²) in [6.45, 7) is 8.53. The van der Waals surface area contributed by atoms with Crippen LogP contribution in [0.2, 0.25) is 0 Å². The standard InChI is InChI=1S/C22H34N2O3/c1-6-24(18-10-8-7-9-11-18)20(25)16-27-19-14-12-17(13-15-19)23(5)21(26)22(2,3)4/h12-15,18H,6-11,16H2,1-5H3. The average molecular weight is 375 g/mol. The Morgan fingerprint density at radius 1 is 1.07 bits per heavy atom. The van der Waals surface area contributed by atoms with E-state index in [-0.39, 0.29) is 18.4 Å². The number of benzene rings is 1. The lowest BCUT2D eigenvalue weighted by Crippen LogP contribution is -2.43. The van der Waals surface area contributed by atoms with E-state index >= 15 is 0 Å². The Labute approximate surface area is 163 Å². The van der Waals surface area contributed by atoms with Crippen molar-refractivity contribution in [1.29, 1.82) is 0 Å². The molecule has 0 aliphatic heterocycles. The number of hydrogen-bond donors (Lipinski definition) is 0. The van der Waals surface area contributed by atoms with Gasteiger partial charge in [-0.1, -0.05) is 40.0 Å². The van der Waals surface area contributed by atoms with E-state index in [2.05, 4.69) is 0 Å². The lowest BCUT2D eigenvalue weighted by molar-refractivity contribution is -0.136. The Morgan fingerprint density at radius 3 is 2.19 bits per heavy atom. The first-order valence-corrected chi connectivity index (χ1v) is 10.0. The summed E-state index contributed by atoms with van der Waals surface area (Å²) in [4.78, 5) is 28.5. The summed E-state index contributed by atoms with van der Waals surface area (Å²) in [6.07, 6.45) is 5.89. The summed E-state index contributed by atoms with van der Waals surface area (Å²) < 4.78 is 5.71. The minimum atomic E-state index is -0.431. The minimum Gasteiger partial charge on any atom is -0.484 e. The molecule has 1 aliphatic carbocycles.